The van der Waals surface area contributed by atoms with Gasteiger partial charge in [0.1, 0.15) is 11.9 Å². The van der Waals surface area contributed by atoms with E-state index >= 15 is 0 Å². The average molecular weight is 475 g/mol. The smallest absolute Gasteiger partial charge is 0.241 e. The molecule has 1 aromatic heterocycles. The second-order valence-corrected chi connectivity index (χ2v) is 9.85. The van der Waals surface area contributed by atoms with E-state index in [1.165, 1.54) is 12.1 Å². The minimum absolute atomic E-state index is 0.108. The number of sulfonamides is 1. The normalized spacial score (nSPS) is 12.4. The van der Waals surface area contributed by atoms with Gasteiger partial charge in [-0.05, 0) is 53.4 Å². The first-order chi connectivity index (χ1) is 16.3. The van der Waals surface area contributed by atoms with Crippen LogP contribution in [-0.4, -0.2) is 25.4 Å². The van der Waals surface area contributed by atoms with Crippen LogP contribution in [0, 0.1) is 6.92 Å². The first-order valence-corrected chi connectivity index (χ1v) is 12.3. The van der Waals surface area contributed by atoms with Crippen LogP contribution in [0.4, 0.5) is 5.82 Å². The maximum absolute atomic E-state index is 13.2. The number of aryl methyl sites for hydroxylation is 1. The Hall–Kier alpha value is -3.75. The van der Waals surface area contributed by atoms with Crippen LogP contribution < -0.4 is 15.8 Å². The zero-order valence-corrected chi connectivity index (χ0v) is 19.5. The molecule has 0 aliphatic carbocycles. The van der Waals surface area contributed by atoms with Gasteiger partial charge in [0.15, 0.2) is 0 Å². The monoisotopic (exact) mass is 474 g/mol. The third kappa shape index (κ3) is 5.59. The number of nitrogens with two attached hydrogens (primary N) is 1. The number of fused-ring (bicyclic) bond motifs is 1. The quantitative estimate of drug-likeness (QED) is 0.362. The third-order valence-electron chi connectivity index (χ3n) is 5.56. The Bertz CT molecular complexity index is 1400. The van der Waals surface area contributed by atoms with Gasteiger partial charge in [0.2, 0.25) is 15.9 Å². The molecule has 0 aliphatic heterocycles. The first-order valence-electron chi connectivity index (χ1n) is 10.9. The number of benzene rings is 3. The van der Waals surface area contributed by atoms with Gasteiger partial charge in [0.25, 0.3) is 0 Å². The average Bonchev–Trinajstić information content (AvgIpc) is 2.83. The maximum atomic E-state index is 13.2. The molecule has 0 saturated carbocycles. The van der Waals surface area contributed by atoms with Gasteiger partial charge in [-0.25, -0.2) is 13.4 Å². The summed E-state index contributed by atoms with van der Waals surface area (Å²) in [6.45, 7) is 2.08. The maximum Gasteiger partial charge on any atom is 0.241 e. The number of pyridine rings is 1. The summed E-state index contributed by atoms with van der Waals surface area (Å²) in [6.07, 6.45) is 1.77. The Labute approximate surface area is 199 Å². The van der Waals surface area contributed by atoms with E-state index in [0.717, 1.165) is 27.5 Å². The van der Waals surface area contributed by atoms with Crippen LogP contribution in [0.15, 0.2) is 90.0 Å². The van der Waals surface area contributed by atoms with Crippen LogP contribution in [0.5, 0.6) is 0 Å². The molecule has 4 rings (SSSR count). The number of anilines is 1. The highest BCUT2D eigenvalue weighted by molar-refractivity contribution is 7.89. The second-order valence-electron chi connectivity index (χ2n) is 8.14. The van der Waals surface area contributed by atoms with Crippen molar-refractivity contribution in [2.24, 2.45) is 0 Å². The van der Waals surface area contributed by atoms with E-state index in [4.69, 9.17) is 5.73 Å². The number of rotatable bonds is 8. The van der Waals surface area contributed by atoms with E-state index in [-0.39, 0.29) is 17.9 Å². The summed E-state index contributed by atoms with van der Waals surface area (Å²) in [7, 11) is -3.92. The summed E-state index contributed by atoms with van der Waals surface area (Å²) in [6, 6.07) is 22.5. The minimum Gasteiger partial charge on any atom is -0.384 e. The van der Waals surface area contributed by atoms with Crippen molar-refractivity contribution in [3.63, 3.8) is 0 Å². The van der Waals surface area contributed by atoms with Crippen LogP contribution in [0.2, 0.25) is 0 Å². The molecule has 0 radical (unpaired) electrons. The van der Waals surface area contributed by atoms with Gasteiger partial charge in [-0.2, -0.15) is 4.72 Å². The van der Waals surface area contributed by atoms with Gasteiger partial charge in [-0.3, -0.25) is 4.79 Å². The lowest BCUT2D eigenvalue weighted by Crippen LogP contribution is -2.47. The number of nitrogens with zero attached hydrogens (tertiary/aromatic N) is 1. The molecular formula is C26H26N4O3S. The lowest BCUT2D eigenvalue weighted by molar-refractivity contribution is -0.122. The first kappa shape index (κ1) is 23.4. The largest absolute Gasteiger partial charge is 0.384 e. The summed E-state index contributed by atoms with van der Waals surface area (Å²) in [4.78, 5) is 17.3. The Morgan fingerprint density at radius 3 is 2.44 bits per heavy atom. The highest BCUT2D eigenvalue weighted by atomic mass is 32.2. The van der Waals surface area contributed by atoms with Gasteiger partial charge in [-0.15, -0.1) is 0 Å². The van der Waals surface area contributed by atoms with Crippen LogP contribution in [0.3, 0.4) is 0 Å². The third-order valence-corrected chi connectivity index (χ3v) is 7.05. The fraction of sp³-hybridized carbons (Fsp3) is 0.154. The molecule has 0 spiro atoms. The van der Waals surface area contributed by atoms with Crippen molar-refractivity contribution >= 4 is 32.5 Å². The van der Waals surface area contributed by atoms with Crippen molar-refractivity contribution in [3.8, 4) is 0 Å². The standard InChI is InChI=1S/C26H26N4O3S/c1-18-9-12-22(13-10-18)34(32,33)30-24(26(31)29-17-19-11-14-25(27)28-16-19)15-21-7-4-6-20-5-2-3-8-23(20)21/h2-14,16,24,30H,15,17H2,1H3,(H2,27,28)(H,29,31). The number of hydrogen-bond acceptors (Lipinski definition) is 5. The SMILES string of the molecule is Cc1ccc(S(=O)(=O)NC(Cc2cccc3ccccc23)C(=O)NCc2ccc(N)nc2)cc1. The van der Waals surface area contributed by atoms with Gasteiger partial charge in [-0.1, -0.05) is 66.2 Å². The van der Waals surface area contributed by atoms with Gasteiger partial charge in [0, 0.05) is 12.7 Å². The molecule has 174 valence electrons. The molecule has 4 aromatic rings. The van der Waals surface area contributed by atoms with Crippen LogP contribution in [-0.2, 0) is 27.8 Å². The highest BCUT2D eigenvalue weighted by Crippen LogP contribution is 2.21. The molecule has 0 bridgehead atoms. The second kappa shape index (κ2) is 10.0. The molecule has 3 aromatic carbocycles. The molecular weight excluding hydrogens is 448 g/mol. The Morgan fingerprint density at radius 2 is 1.71 bits per heavy atom. The molecule has 0 aliphatic rings. The van der Waals surface area contributed by atoms with Crippen molar-refractivity contribution in [2.45, 2.75) is 30.8 Å². The van der Waals surface area contributed by atoms with E-state index in [9.17, 15) is 13.2 Å². The number of carbonyl (C=O) groups is 1. The van der Waals surface area contributed by atoms with E-state index in [0.29, 0.717) is 5.82 Å². The molecule has 0 saturated heterocycles. The fourth-order valence-electron chi connectivity index (χ4n) is 3.70. The van der Waals surface area contributed by atoms with E-state index < -0.39 is 22.0 Å². The molecule has 0 fully saturated rings. The zero-order chi connectivity index (χ0) is 24.1. The van der Waals surface area contributed by atoms with Crippen LogP contribution >= 0.6 is 0 Å². The Kier molecular flexibility index (Phi) is 6.90. The van der Waals surface area contributed by atoms with Gasteiger partial charge >= 0.3 is 0 Å². The molecule has 1 amide bonds. The lowest BCUT2D eigenvalue weighted by Gasteiger charge is -2.20. The molecule has 34 heavy (non-hydrogen) atoms. The van der Waals surface area contributed by atoms with Crippen molar-refractivity contribution in [1.29, 1.82) is 0 Å². The summed E-state index contributed by atoms with van der Waals surface area (Å²) in [5, 5.41) is 4.82. The summed E-state index contributed by atoms with van der Waals surface area (Å²) in [5.41, 5.74) is 8.20. The van der Waals surface area contributed by atoms with Crippen molar-refractivity contribution in [1.82, 2.24) is 15.0 Å². The lowest BCUT2D eigenvalue weighted by atomic mass is 9.99. The zero-order valence-electron chi connectivity index (χ0n) is 18.7. The Morgan fingerprint density at radius 1 is 0.971 bits per heavy atom. The summed E-state index contributed by atoms with van der Waals surface area (Å²) >= 11 is 0. The van der Waals surface area contributed by atoms with Crippen LogP contribution in [0.1, 0.15) is 16.7 Å². The molecule has 8 heteroatoms. The number of nitrogen functional groups attached to an aromatic ring is 1. The summed E-state index contributed by atoms with van der Waals surface area (Å²) < 4.78 is 28.8. The number of aromatic nitrogens is 1. The minimum atomic E-state index is -3.92. The van der Waals surface area contributed by atoms with E-state index in [1.807, 2.05) is 49.4 Å². The van der Waals surface area contributed by atoms with E-state index in [1.54, 1.807) is 30.5 Å². The number of carbonyl (C=O) groups excluding carboxylic acids is 1. The predicted molar refractivity (Wildman–Crippen MR) is 133 cm³/mol. The molecule has 1 heterocycles. The van der Waals surface area contributed by atoms with Crippen LogP contribution in [0.25, 0.3) is 10.8 Å². The van der Waals surface area contributed by atoms with Gasteiger partial charge in [0.05, 0.1) is 4.90 Å². The van der Waals surface area contributed by atoms with Crippen molar-refractivity contribution in [3.05, 3.63) is 102 Å². The highest BCUT2D eigenvalue weighted by Gasteiger charge is 2.26. The molecule has 4 N–H and O–H groups in total. The number of nitrogens with one attached hydrogen (secondary N) is 2. The Balaban J connectivity index is 1.61. The van der Waals surface area contributed by atoms with E-state index in [2.05, 4.69) is 15.0 Å². The molecule has 1 atom stereocenters. The van der Waals surface area contributed by atoms with Gasteiger partial charge < -0.3 is 11.1 Å². The van der Waals surface area contributed by atoms with Crippen molar-refractivity contribution in [2.75, 3.05) is 5.73 Å². The summed E-state index contributed by atoms with van der Waals surface area (Å²) in [5.74, 6) is -0.0461. The van der Waals surface area contributed by atoms with Crippen molar-refractivity contribution < 1.29 is 13.2 Å². The fourth-order valence-corrected chi connectivity index (χ4v) is 4.90. The molecule has 1 unspecified atom stereocenters. The predicted octanol–water partition coefficient (Wildman–Crippen LogP) is 3.33. The topological polar surface area (TPSA) is 114 Å². The number of amides is 1. The number of hydrogen-bond donors (Lipinski definition) is 3. The molecule has 7 nitrogen and oxygen atoms in total.